The van der Waals surface area contributed by atoms with E-state index in [0.717, 1.165) is 40.4 Å². The maximum atomic E-state index is 14.5. The largest absolute Gasteiger partial charge is 0.829 e. The van der Waals surface area contributed by atoms with Crippen LogP contribution in [0.1, 0.15) is 50.8 Å². The molecule has 0 saturated carbocycles. The summed E-state index contributed by atoms with van der Waals surface area (Å²) in [7, 11) is 0.926. The first kappa shape index (κ1) is 51.0. The molecule has 21 heteroatoms. The molecule has 0 spiro atoms. The zero-order valence-corrected chi connectivity index (χ0v) is 36.8. The molecule has 2 saturated heterocycles. The molecule has 0 aromatic heterocycles. The van der Waals surface area contributed by atoms with Gasteiger partial charge in [-0.3, -0.25) is 19.2 Å². The standard InChI is InChI=1S/C45H52N3O18/c1-27(49)58-26-36(62-29(3)51)41(63-30(4)52)45(55)40(47-48-46)34(61-28(2)50)21-44(66-45,43(54)56-5)65-38-37(59-23-32-17-11-7-12-18-32)35(25-57-22-31-15-9-6-10-16-31)64-42(53)39(38)60-24-33-19-13-8-14-20-33/h6-20,34-42,55H,21-26H2,1-5H3/q-1/t34-,35+,36+,37-,38-,39+,40+,41+,42+,44?,45-/m0/s1. The van der Waals surface area contributed by atoms with Crippen LogP contribution in [0.4, 0.5) is 0 Å². The van der Waals surface area contributed by atoms with E-state index in [1.54, 1.807) is 60.7 Å². The van der Waals surface area contributed by atoms with E-state index in [0.29, 0.717) is 11.1 Å². The third-order valence-electron chi connectivity index (χ3n) is 10.3. The number of carbonyl (C=O) groups excluding carboxylic acids is 5. The van der Waals surface area contributed by atoms with E-state index in [9.17, 15) is 39.7 Å². The molecule has 1 unspecified atom stereocenters. The number of ether oxygens (including phenoxy) is 11. The van der Waals surface area contributed by atoms with Crippen LogP contribution in [0.15, 0.2) is 96.1 Å². The fourth-order valence-electron chi connectivity index (χ4n) is 7.51. The molecule has 3 aromatic carbocycles. The lowest BCUT2D eigenvalue weighted by atomic mass is 9.85. The lowest BCUT2D eigenvalue weighted by Crippen LogP contribution is -2.74. The van der Waals surface area contributed by atoms with Crippen LogP contribution in [0.3, 0.4) is 0 Å². The highest BCUT2D eigenvalue weighted by molar-refractivity contribution is 5.78. The second-order valence-electron chi connectivity index (χ2n) is 15.2. The summed E-state index contributed by atoms with van der Waals surface area (Å²) in [6.45, 7) is 2.39. The van der Waals surface area contributed by atoms with Crippen molar-refractivity contribution in [3.05, 3.63) is 118 Å². The maximum absolute atomic E-state index is 14.5. The van der Waals surface area contributed by atoms with E-state index in [1.165, 1.54) is 0 Å². The summed E-state index contributed by atoms with van der Waals surface area (Å²) < 4.78 is 64.6. The maximum Gasteiger partial charge on any atom is 0.366 e. The molecule has 3 aromatic rings. The van der Waals surface area contributed by atoms with Crippen molar-refractivity contribution in [1.29, 1.82) is 0 Å². The summed E-state index contributed by atoms with van der Waals surface area (Å²) in [5, 5.41) is 30.9. The molecule has 2 aliphatic heterocycles. The Morgan fingerprint density at radius 1 is 0.788 bits per heavy atom. The lowest BCUT2D eigenvalue weighted by molar-refractivity contribution is -0.541. The molecule has 0 radical (unpaired) electrons. The molecule has 0 bridgehead atoms. The quantitative estimate of drug-likeness (QED) is 0.0528. The van der Waals surface area contributed by atoms with Crippen LogP contribution in [0.2, 0.25) is 0 Å². The van der Waals surface area contributed by atoms with Gasteiger partial charge in [0, 0.05) is 38.9 Å². The summed E-state index contributed by atoms with van der Waals surface area (Å²) in [4.78, 5) is 67.5. The second-order valence-corrected chi connectivity index (χ2v) is 15.2. The van der Waals surface area contributed by atoms with Crippen LogP contribution in [-0.2, 0) is 95.9 Å². The Labute approximate surface area is 379 Å². The van der Waals surface area contributed by atoms with Crippen molar-refractivity contribution in [3.63, 3.8) is 0 Å². The molecular weight excluding hydrogens is 870 g/mol. The van der Waals surface area contributed by atoms with Crippen LogP contribution in [-0.4, -0.2) is 122 Å². The van der Waals surface area contributed by atoms with Gasteiger partial charge in [0.15, 0.2) is 12.2 Å². The Morgan fingerprint density at radius 2 is 1.33 bits per heavy atom. The molecule has 2 heterocycles. The van der Waals surface area contributed by atoms with Gasteiger partial charge in [-0.15, -0.1) is 0 Å². The number of hydrogen-bond donors (Lipinski definition) is 1. The Kier molecular flexibility index (Phi) is 18.5. The Bertz CT molecular complexity index is 2130. The van der Waals surface area contributed by atoms with Crippen molar-refractivity contribution < 1.29 is 86.3 Å². The minimum Gasteiger partial charge on any atom is -0.829 e. The van der Waals surface area contributed by atoms with E-state index in [1.807, 2.05) is 30.3 Å². The van der Waals surface area contributed by atoms with Crippen LogP contribution < -0.4 is 5.11 Å². The van der Waals surface area contributed by atoms with Crippen molar-refractivity contribution in [1.82, 2.24) is 0 Å². The first-order valence-electron chi connectivity index (χ1n) is 20.7. The molecule has 1 N–H and O–H groups in total. The summed E-state index contributed by atoms with van der Waals surface area (Å²) in [6.07, 6.45) is -15.4. The molecule has 2 aliphatic rings. The van der Waals surface area contributed by atoms with Crippen LogP contribution >= 0.6 is 0 Å². The summed E-state index contributed by atoms with van der Waals surface area (Å²) >= 11 is 0. The Hall–Kier alpha value is -6.00. The molecule has 21 nitrogen and oxygen atoms in total. The van der Waals surface area contributed by atoms with Crippen molar-refractivity contribution in [2.45, 2.75) is 121 Å². The monoisotopic (exact) mass is 922 g/mol. The van der Waals surface area contributed by atoms with Crippen LogP contribution in [0.25, 0.3) is 10.4 Å². The highest BCUT2D eigenvalue weighted by atomic mass is 16.8. The number of methoxy groups -OCH3 is 1. The molecule has 66 heavy (non-hydrogen) atoms. The second kappa shape index (κ2) is 24.0. The third-order valence-corrected chi connectivity index (χ3v) is 10.3. The average molecular weight is 923 g/mol. The van der Waals surface area contributed by atoms with Gasteiger partial charge in [0.05, 0.1) is 46.1 Å². The van der Waals surface area contributed by atoms with E-state index in [-0.39, 0.29) is 26.4 Å². The van der Waals surface area contributed by atoms with Gasteiger partial charge >= 0.3 is 29.8 Å². The van der Waals surface area contributed by atoms with Gasteiger partial charge in [0.1, 0.15) is 37.1 Å². The molecule has 5 rings (SSSR count). The van der Waals surface area contributed by atoms with Gasteiger partial charge in [-0.1, -0.05) is 96.1 Å². The molecular formula is C45H52N3O18-. The number of hydrogen-bond acceptors (Lipinski definition) is 19. The highest BCUT2D eigenvalue weighted by Crippen LogP contribution is 2.45. The van der Waals surface area contributed by atoms with Gasteiger partial charge in [0.2, 0.25) is 5.79 Å². The average Bonchev–Trinajstić information content (AvgIpc) is 3.28. The summed E-state index contributed by atoms with van der Waals surface area (Å²) in [6, 6.07) is 24.6. The molecule has 2 fully saturated rings. The van der Waals surface area contributed by atoms with Crippen molar-refractivity contribution >= 4 is 29.8 Å². The van der Waals surface area contributed by atoms with Gasteiger partial charge in [-0.05, 0) is 22.2 Å². The van der Waals surface area contributed by atoms with E-state index in [2.05, 4.69) is 10.0 Å². The zero-order chi connectivity index (χ0) is 47.9. The summed E-state index contributed by atoms with van der Waals surface area (Å²) in [5.41, 5.74) is 11.9. The third kappa shape index (κ3) is 13.5. The van der Waals surface area contributed by atoms with Crippen LogP contribution in [0, 0.1) is 0 Å². The first-order valence-corrected chi connectivity index (χ1v) is 20.7. The predicted molar refractivity (Wildman–Crippen MR) is 221 cm³/mol. The Morgan fingerprint density at radius 3 is 1.83 bits per heavy atom. The SMILES string of the molecule is COC(=O)C1(O[C@@H]2[C@@H](OCc3ccccc3)[C@H]([O-])O[C@H](COCc3ccccc3)[C@@H]2OCc2ccccc2)C[C@H](OC(C)=O)[C@@H](N=[N+]=[N-])[C@@](O)([C@H](OC(C)=O)[C@@H](COC(C)=O)OC(C)=O)O1. The smallest absolute Gasteiger partial charge is 0.366 e. The lowest BCUT2D eigenvalue weighted by Gasteiger charge is -2.55. The van der Waals surface area contributed by atoms with Crippen molar-refractivity contribution in [3.8, 4) is 0 Å². The number of nitrogens with zero attached hydrogens (tertiary/aromatic N) is 3. The van der Waals surface area contributed by atoms with Gasteiger partial charge < -0.3 is 62.3 Å². The highest BCUT2D eigenvalue weighted by Gasteiger charge is 2.68. The topological polar surface area (TPSA) is 279 Å². The normalized spacial score (nSPS) is 26.9. The zero-order valence-electron chi connectivity index (χ0n) is 36.8. The number of rotatable bonds is 21. The minimum atomic E-state index is -3.41. The first-order chi connectivity index (χ1) is 31.6. The molecule has 356 valence electrons. The van der Waals surface area contributed by atoms with E-state index < -0.39 is 110 Å². The number of carbonyl (C=O) groups is 5. The van der Waals surface area contributed by atoms with Gasteiger partial charge in [-0.2, -0.15) is 0 Å². The number of aliphatic hydroxyl groups is 1. The van der Waals surface area contributed by atoms with Gasteiger partial charge in [0.25, 0.3) is 5.79 Å². The van der Waals surface area contributed by atoms with Crippen LogP contribution in [0.5, 0.6) is 0 Å². The van der Waals surface area contributed by atoms with Crippen molar-refractivity contribution in [2.75, 3.05) is 20.3 Å². The van der Waals surface area contributed by atoms with E-state index >= 15 is 0 Å². The number of azide groups is 1. The predicted octanol–water partition coefficient (Wildman–Crippen LogP) is 2.86. The van der Waals surface area contributed by atoms with E-state index in [4.69, 9.17) is 52.1 Å². The molecule has 0 aliphatic carbocycles. The van der Waals surface area contributed by atoms with Crippen molar-refractivity contribution in [2.24, 2.45) is 5.11 Å². The Balaban J connectivity index is 1.70. The van der Waals surface area contributed by atoms with Gasteiger partial charge in [-0.25, -0.2) is 4.79 Å². The fourth-order valence-corrected chi connectivity index (χ4v) is 7.51. The number of benzene rings is 3. The fraction of sp³-hybridized carbons (Fsp3) is 0.489. The molecule has 0 amide bonds. The summed E-state index contributed by atoms with van der Waals surface area (Å²) in [5.74, 6) is -12.0. The molecule has 11 atom stereocenters. The number of esters is 5. The minimum absolute atomic E-state index is 0.0799.